The van der Waals surface area contributed by atoms with Crippen LogP contribution in [-0.4, -0.2) is 34.2 Å². The fourth-order valence-corrected chi connectivity index (χ4v) is 2.44. The van der Waals surface area contributed by atoms with Gasteiger partial charge in [-0.05, 0) is 12.1 Å². The van der Waals surface area contributed by atoms with Crippen molar-refractivity contribution in [3.63, 3.8) is 0 Å². The number of carbonyl (C=O) groups excluding carboxylic acids is 2. The predicted molar refractivity (Wildman–Crippen MR) is 73.0 cm³/mol. The van der Waals surface area contributed by atoms with Gasteiger partial charge in [0.25, 0.3) is 0 Å². The van der Waals surface area contributed by atoms with E-state index in [2.05, 4.69) is 20.9 Å². The Labute approximate surface area is 114 Å². The maximum Gasteiger partial charge on any atom is 0.235 e. The van der Waals surface area contributed by atoms with Gasteiger partial charge in [0.05, 0.1) is 18.3 Å². The van der Waals surface area contributed by atoms with Crippen LogP contribution in [0.25, 0.3) is 0 Å². The van der Waals surface area contributed by atoms with E-state index in [0.29, 0.717) is 5.82 Å². The van der Waals surface area contributed by atoms with E-state index < -0.39 is 0 Å². The molecular formula is C11H15N5O2S. The van der Waals surface area contributed by atoms with E-state index in [9.17, 15) is 9.59 Å². The van der Waals surface area contributed by atoms with Crippen molar-refractivity contribution in [1.29, 1.82) is 0 Å². The van der Waals surface area contributed by atoms with Crippen LogP contribution in [0.1, 0.15) is 6.42 Å². The molecule has 2 amide bonds. The molecule has 7 nitrogen and oxygen atoms in total. The summed E-state index contributed by atoms with van der Waals surface area (Å²) in [6.07, 6.45) is 1.48. The predicted octanol–water partition coefficient (Wildman–Crippen LogP) is -0.569. The molecule has 0 radical (unpaired) electrons. The van der Waals surface area contributed by atoms with Crippen molar-refractivity contribution in [3.05, 3.63) is 24.4 Å². The minimum Gasteiger partial charge on any atom is -0.332 e. The summed E-state index contributed by atoms with van der Waals surface area (Å²) in [5, 5.41) is 8.34. The zero-order valence-corrected chi connectivity index (χ0v) is 10.9. The Bertz CT molecular complexity index is 456. The molecular weight excluding hydrogens is 266 g/mol. The SMILES string of the molecule is NC1CC(=O)NC(SCC(=O)Nc2ccccn2)N1. The van der Waals surface area contributed by atoms with Gasteiger partial charge in [-0.1, -0.05) is 6.07 Å². The standard InChI is InChI=1S/C11H15N5O2S/c12-7-5-9(17)16-11(14-7)19-6-10(18)15-8-3-1-2-4-13-8/h1-4,7,11,14H,5-6,12H2,(H,16,17)(H,13,15,18). The normalized spacial score (nSPS) is 22.7. The van der Waals surface area contributed by atoms with E-state index in [1.807, 2.05) is 0 Å². The van der Waals surface area contributed by atoms with Crippen LogP contribution in [0.4, 0.5) is 5.82 Å². The van der Waals surface area contributed by atoms with Crippen LogP contribution in [-0.2, 0) is 9.59 Å². The molecule has 0 aromatic carbocycles. The number of nitrogens with two attached hydrogens (primary N) is 1. The van der Waals surface area contributed by atoms with E-state index in [0.717, 1.165) is 0 Å². The number of hydrogen-bond acceptors (Lipinski definition) is 6. The molecule has 102 valence electrons. The highest BCUT2D eigenvalue weighted by Gasteiger charge is 2.23. The summed E-state index contributed by atoms with van der Waals surface area (Å²) in [7, 11) is 0. The molecule has 0 aliphatic carbocycles. The molecule has 1 saturated heterocycles. The number of nitrogens with one attached hydrogen (secondary N) is 3. The van der Waals surface area contributed by atoms with E-state index >= 15 is 0 Å². The lowest BCUT2D eigenvalue weighted by Gasteiger charge is -2.28. The molecule has 1 aliphatic heterocycles. The number of nitrogens with zero attached hydrogens (tertiary/aromatic N) is 1. The van der Waals surface area contributed by atoms with Crippen LogP contribution in [0.2, 0.25) is 0 Å². The number of amides is 2. The van der Waals surface area contributed by atoms with Crippen LogP contribution in [0.15, 0.2) is 24.4 Å². The molecule has 5 N–H and O–H groups in total. The molecule has 19 heavy (non-hydrogen) atoms. The van der Waals surface area contributed by atoms with Crippen molar-refractivity contribution in [3.8, 4) is 0 Å². The third kappa shape index (κ3) is 4.51. The van der Waals surface area contributed by atoms with Gasteiger partial charge in [-0.2, -0.15) is 0 Å². The summed E-state index contributed by atoms with van der Waals surface area (Å²) in [5.74, 6) is 0.402. The van der Waals surface area contributed by atoms with Crippen molar-refractivity contribution in [2.75, 3.05) is 11.1 Å². The Morgan fingerprint density at radius 1 is 1.58 bits per heavy atom. The quantitative estimate of drug-likeness (QED) is 0.588. The molecule has 0 spiro atoms. The Hall–Kier alpha value is -1.64. The summed E-state index contributed by atoms with van der Waals surface area (Å²) < 4.78 is 0. The largest absolute Gasteiger partial charge is 0.332 e. The van der Waals surface area contributed by atoms with Crippen LogP contribution in [0.5, 0.6) is 0 Å². The lowest BCUT2D eigenvalue weighted by atomic mass is 10.3. The smallest absolute Gasteiger partial charge is 0.235 e. The Morgan fingerprint density at radius 3 is 3.11 bits per heavy atom. The van der Waals surface area contributed by atoms with Crippen LogP contribution in [0, 0.1) is 0 Å². The van der Waals surface area contributed by atoms with E-state index in [4.69, 9.17) is 5.73 Å². The second-order valence-electron chi connectivity index (χ2n) is 4.00. The second kappa shape index (κ2) is 6.50. The van der Waals surface area contributed by atoms with E-state index in [1.54, 1.807) is 24.4 Å². The van der Waals surface area contributed by atoms with Gasteiger partial charge in [-0.25, -0.2) is 4.98 Å². The summed E-state index contributed by atoms with van der Waals surface area (Å²) in [6, 6.07) is 5.27. The lowest BCUT2D eigenvalue weighted by Crippen LogP contribution is -2.58. The van der Waals surface area contributed by atoms with Crippen molar-refractivity contribution < 1.29 is 9.59 Å². The van der Waals surface area contributed by atoms with Gasteiger partial charge < -0.3 is 16.4 Å². The molecule has 8 heteroatoms. The number of thioether (sulfide) groups is 1. The third-order valence-electron chi connectivity index (χ3n) is 2.38. The van der Waals surface area contributed by atoms with Gasteiger partial charge in [-0.3, -0.25) is 14.9 Å². The van der Waals surface area contributed by atoms with Crippen molar-refractivity contribution in [2.45, 2.75) is 18.1 Å². The fourth-order valence-electron chi connectivity index (χ4n) is 1.56. The number of hydrogen-bond donors (Lipinski definition) is 4. The highest BCUT2D eigenvalue weighted by Crippen LogP contribution is 2.11. The Balaban J connectivity index is 1.76. The summed E-state index contributed by atoms with van der Waals surface area (Å²) in [4.78, 5) is 26.9. The molecule has 1 aromatic heterocycles. The molecule has 1 aromatic rings. The fraction of sp³-hybridized carbons (Fsp3) is 0.364. The monoisotopic (exact) mass is 281 g/mol. The zero-order chi connectivity index (χ0) is 13.7. The maximum atomic E-state index is 11.7. The number of rotatable bonds is 4. The lowest BCUT2D eigenvalue weighted by molar-refractivity contribution is -0.123. The third-order valence-corrected chi connectivity index (χ3v) is 3.39. The van der Waals surface area contributed by atoms with Gasteiger partial charge in [0.2, 0.25) is 11.8 Å². The summed E-state index contributed by atoms with van der Waals surface area (Å²) >= 11 is 1.27. The maximum absolute atomic E-state index is 11.7. The number of carbonyl (C=O) groups is 2. The highest BCUT2D eigenvalue weighted by molar-refractivity contribution is 8.00. The molecule has 2 rings (SSSR count). The molecule has 0 saturated carbocycles. The van der Waals surface area contributed by atoms with Gasteiger partial charge in [0, 0.05) is 6.20 Å². The van der Waals surface area contributed by atoms with Crippen LogP contribution < -0.4 is 21.7 Å². The topological polar surface area (TPSA) is 109 Å². The van der Waals surface area contributed by atoms with E-state index in [1.165, 1.54) is 11.8 Å². The summed E-state index contributed by atoms with van der Waals surface area (Å²) in [6.45, 7) is 0. The molecule has 2 heterocycles. The van der Waals surface area contributed by atoms with Crippen molar-refractivity contribution in [2.24, 2.45) is 5.73 Å². The highest BCUT2D eigenvalue weighted by atomic mass is 32.2. The van der Waals surface area contributed by atoms with E-state index in [-0.39, 0.29) is 35.7 Å². The number of pyridine rings is 1. The number of anilines is 1. The first kappa shape index (κ1) is 13.8. The molecule has 2 atom stereocenters. The van der Waals surface area contributed by atoms with Gasteiger partial charge in [0.1, 0.15) is 11.3 Å². The molecule has 0 bridgehead atoms. The minimum atomic E-state index is -0.370. The zero-order valence-electron chi connectivity index (χ0n) is 10.1. The molecule has 1 fully saturated rings. The second-order valence-corrected chi connectivity index (χ2v) is 5.09. The Kier molecular flexibility index (Phi) is 4.72. The summed E-state index contributed by atoms with van der Waals surface area (Å²) in [5.41, 5.74) is 5.31. The van der Waals surface area contributed by atoms with Crippen molar-refractivity contribution in [1.82, 2.24) is 15.6 Å². The van der Waals surface area contributed by atoms with Crippen LogP contribution >= 0.6 is 11.8 Å². The van der Waals surface area contributed by atoms with Gasteiger partial charge >= 0.3 is 0 Å². The Morgan fingerprint density at radius 2 is 2.42 bits per heavy atom. The molecule has 1 aliphatic rings. The number of aromatic nitrogens is 1. The first-order valence-corrected chi connectivity index (χ1v) is 6.82. The first-order valence-electron chi connectivity index (χ1n) is 5.77. The van der Waals surface area contributed by atoms with Crippen molar-refractivity contribution >= 4 is 29.4 Å². The minimum absolute atomic E-state index is 0.117. The molecule has 2 unspecified atom stereocenters. The van der Waals surface area contributed by atoms with Gasteiger partial charge in [0.15, 0.2) is 0 Å². The van der Waals surface area contributed by atoms with Crippen LogP contribution in [0.3, 0.4) is 0 Å². The average Bonchev–Trinajstić information content (AvgIpc) is 2.36. The first-order chi connectivity index (χ1) is 9.13. The van der Waals surface area contributed by atoms with Gasteiger partial charge in [-0.15, -0.1) is 11.8 Å². The average molecular weight is 281 g/mol.